The average molecular weight is 288 g/mol. The van der Waals surface area contributed by atoms with Crippen molar-refractivity contribution in [2.24, 2.45) is 0 Å². The summed E-state index contributed by atoms with van der Waals surface area (Å²) in [6.45, 7) is 9.47. The topological polar surface area (TPSA) is 65.7 Å². The molecule has 19 heavy (non-hydrogen) atoms. The van der Waals surface area contributed by atoms with Gasteiger partial charge in [-0.1, -0.05) is 20.8 Å². The normalized spacial score (nSPS) is 12.7. The van der Waals surface area contributed by atoms with Crippen LogP contribution in [0, 0.1) is 0 Å². The summed E-state index contributed by atoms with van der Waals surface area (Å²) in [5.74, 6) is 0.658. The van der Waals surface area contributed by atoms with Gasteiger partial charge >= 0.3 is 13.1 Å². The number of furan rings is 1. The monoisotopic (exact) mass is 288 g/mol. The summed E-state index contributed by atoms with van der Waals surface area (Å²) >= 11 is 0. The van der Waals surface area contributed by atoms with Gasteiger partial charge in [0.15, 0.2) is 5.76 Å². The maximum Gasteiger partial charge on any atom is 0.404 e. The van der Waals surface area contributed by atoms with Crippen molar-refractivity contribution in [3.05, 3.63) is 23.7 Å². The van der Waals surface area contributed by atoms with Crippen LogP contribution in [0.25, 0.3) is 0 Å². The molecular weight excluding hydrogens is 267 g/mol. The summed E-state index contributed by atoms with van der Waals surface area (Å²) in [5, 5.41) is 0. The van der Waals surface area contributed by atoms with E-state index in [4.69, 9.17) is 13.5 Å². The molecule has 0 bridgehead atoms. The van der Waals surface area contributed by atoms with Gasteiger partial charge in [0.05, 0.1) is 13.2 Å². The molecule has 0 aromatic carbocycles. The van der Waals surface area contributed by atoms with Crippen molar-refractivity contribution in [2.75, 3.05) is 13.2 Å². The van der Waals surface area contributed by atoms with Crippen molar-refractivity contribution in [2.45, 2.75) is 40.0 Å². The second-order valence-corrected chi connectivity index (χ2v) is 6.97. The lowest BCUT2D eigenvalue weighted by molar-refractivity contribution is 0.0973. The van der Waals surface area contributed by atoms with E-state index in [-0.39, 0.29) is 24.4 Å². The molecule has 6 heteroatoms. The molecule has 0 aliphatic carbocycles. The van der Waals surface area contributed by atoms with Gasteiger partial charge in [-0.05, 0) is 26.0 Å². The third-order valence-electron chi connectivity index (χ3n) is 2.40. The Hall–Kier alpha value is -0.900. The average Bonchev–Trinajstić information content (AvgIpc) is 2.77. The molecule has 0 atom stereocenters. The van der Waals surface area contributed by atoms with Gasteiger partial charge < -0.3 is 13.5 Å². The zero-order chi connectivity index (χ0) is 14.7. The largest absolute Gasteiger partial charge is 0.457 e. The van der Waals surface area contributed by atoms with E-state index in [9.17, 15) is 9.36 Å². The molecule has 0 aliphatic heterocycles. The number of hydrogen-bond donors (Lipinski definition) is 0. The zero-order valence-corrected chi connectivity index (χ0v) is 13.0. The molecule has 0 unspecified atom stereocenters. The predicted molar refractivity (Wildman–Crippen MR) is 72.6 cm³/mol. The van der Waals surface area contributed by atoms with Gasteiger partial charge in [0.2, 0.25) is 0 Å². The summed E-state index contributed by atoms with van der Waals surface area (Å²) in [5.41, 5.74) is -0.952. The van der Waals surface area contributed by atoms with Gasteiger partial charge in [-0.2, -0.15) is 0 Å². The van der Waals surface area contributed by atoms with Gasteiger partial charge in [-0.25, -0.2) is 0 Å². The predicted octanol–water partition coefficient (Wildman–Crippen LogP) is 3.98. The van der Waals surface area contributed by atoms with Crippen LogP contribution >= 0.6 is 7.60 Å². The molecule has 0 fully saturated rings. The Kier molecular flexibility index (Phi) is 5.13. The quantitative estimate of drug-likeness (QED) is 0.741. The lowest BCUT2D eigenvalue weighted by atomic mass is 9.94. The van der Waals surface area contributed by atoms with Crippen molar-refractivity contribution in [1.29, 1.82) is 0 Å². The van der Waals surface area contributed by atoms with E-state index in [1.54, 1.807) is 19.9 Å². The molecule has 1 rings (SSSR count). The molecule has 0 radical (unpaired) electrons. The summed E-state index contributed by atoms with van der Waals surface area (Å²) in [7, 11) is -3.80. The van der Waals surface area contributed by atoms with Gasteiger partial charge in [-0.3, -0.25) is 9.36 Å². The second kappa shape index (κ2) is 6.04. The Morgan fingerprint density at radius 1 is 1.21 bits per heavy atom. The van der Waals surface area contributed by atoms with Crippen molar-refractivity contribution in [3.63, 3.8) is 0 Å². The number of rotatable bonds is 6. The van der Waals surface area contributed by atoms with Crippen LogP contribution in [0.3, 0.4) is 0 Å². The lowest BCUT2D eigenvalue weighted by Crippen LogP contribution is -2.10. The van der Waals surface area contributed by atoms with Crippen LogP contribution in [0.1, 0.15) is 50.9 Å². The highest BCUT2D eigenvalue weighted by Crippen LogP contribution is 2.51. The Morgan fingerprint density at radius 3 is 2.11 bits per heavy atom. The first-order valence-corrected chi connectivity index (χ1v) is 7.83. The molecule has 0 N–H and O–H groups in total. The van der Waals surface area contributed by atoms with Crippen LogP contribution in [0.4, 0.5) is 0 Å². The first-order valence-electron chi connectivity index (χ1n) is 6.29. The summed E-state index contributed by atoms with van der Waals surface area (Å²) < 4.78 is 27.8. The molecule has 1 aromatic heterocycles. The van der Waals surface area contributed by atoms with E-state index in [2.05, 4.69) is 0 Å². The van der Waals surface area contributed by atoms with Crippen LogP contribution in [0.2, 0.25) is 0 Å². The van der Waals surface area contributed by atoms with Gasteiger partial charge in [0, 0.05) is 5.41 Å². The third-order valence-corrected chi connectivity index (χ3v) is 4.32. The van der Waals surface area contributed by atoms with E-state index < -0.39 is 13.1 Å². The molecule has 0 amide bonds. The second-order valence-electron chi connectivity index (χ2n) is 5.05. The van der Waals surface area contributed by atoms with Crippen molar-refractivity contribution < 1.29 is 22.8 Å². The number of carbonyl (C=O) groups excluding carboxylic acids is 1. The zero-order valence-electron chi connectivity index (χ0n) is 12.1. The first kappa shape index (κ1) is 16.2. The highest BCUT2D eigenvalue weighted by Gasteiger charge is 2.38. The minimum atomic E-state index is -3.80. The fourth-order valence-corrected chi connectivity index (χ4v) is 2.86. The van der Waals surface area contributed by atoms with E-state index in [0.717, 1.165) is 0 Å². The Balaban J connectivity index is 3.04. The summed E-state index contributed by atoms with van der Waals surface area (Å²) in [6.07, 6.45) is 0. The standard InChI is InChI=1S/C13H21O5P/c1-6-16-19(15,17-7-2)12(14)10-8-9-11(18-10)13(3,4)5/h8-9H,6-7H2,1-5H3. The van der Waals surface area contributed by atoms with E-state index >= 15 is 0 Å². The molecular formula is C13H21O5P. The molecule has 1 heterocycles. The van der Waals surface area contributed by atoms with Gasteiger partial charge in [0.1, 0.15) is 5.76 Å². The minimum absolute atomic E-state index is 0.00941. The summed E-state index contributed by atoms with van der Waals surface area (Å²) in [6, 6.07) is 3.21. The van der Waals surface area contributed by atoms with Gasteiger partial charge in [0.25, 0.3) is 0 Å². The lowest BCUT2D eigenvalue weighted by Gasteiger charge is -2.15. The summed E-state index contributed by atoms with van der Waals surface area (Å²) in [4.78, 5) is 12.2. The molecule has 0 saturated heterocycles. The van der Waals surface area contributed by atoms with E-state index in [0.29, 0.717) is 5.76 Å². The molecule has 1 aromatic rings. The van der Waals surface area contributed by atoms with Crippen LogP contribution in [-0.4, -0.2) is 18.7 Å². The fraction of sp³-hybridized carbons (Fsp3) is 0.615. The van der Waals surface area contributed by atoms with Crippen molar-refractivity contribution in [3.8, 4) is 0 Å². The van der Waals surface area contributed by atoms with Crippen LogP contribution in [0.5, 0.6) is 0 Å². The van der Waals surface area contributed by atoms with E-state index in [1.807, 2.05) is 20.8 Å². The van der Waals surface area contributed by atoms with Crippen LogP contribution < -0.4 is 0 Å². The molecule has 108 valence electrons. The van der Waals surface area contributed by atoms with Crippen LogP contribution in [-0.2, 0) is 19.0 Å². The molecule has 0 aliphatic rings. The van der Waals surface area contributed by atoms with Crippen LogP contribution in [0.15, 0.2) is 16.5 Å². The molecule has 0 saturated carbocycles. The highest BCUT2D eigenvalue weighted by molar-refractivity contribution is 7.72. The Labute approximate surface area is 113 Å². The number of carbonyl (C=O) groups is 1. The smallest absolute Gasteiger partial charge is 0.404 e. The van der Waals surface area contributed by atoms with Gasteiger partial charge in [-0.15, -0.1) is 0 Å². The number of hydrogen-bond acceptors (Lipinski definition) is 5. The van der Waals surface area contributed by atoms with E-state index in [1.165, 1.54) is 6.07 Å². The maximum absolute atomic E-state index is 12.3. The Morgan fingerprint density at radius 2 is 1.74 bits per heavy atom. The SMILES string of the molecule is CCOP(=O)(OCC)C(=O)c1ccc(C(C)(C)C)o1. The Bertz CT molecular complexity index is 473. The minimum Gasteiger partial charge on any atom is -0.457 e. The first-order chi connectivity index (χ1) is 8.74. The van der Waals surface area contributed by atoms with Crippen molar-refractivity contribution >= 4 is 13.1 Å². The fourth-order valence-electron chi connectivity index (χ4n) is 1.49. The maximum atomic E-state index is 12.3. The molecule has 5 nitrogen and oxygen atoms in total. The molecule has 0 spiro atoms. The van der Waals surface area contributed by atoms with Crippen molar-refractivity contribution in [1.82, 2.24) is 0 Å². The highest BCUT2D eigenvalue weighted by atomic mass is 31.2. The third kappa shape index (κ3) is 3.78.